The maximum Gasteiger partial charge on any atom is 0.264 e. The maximum absolute atomic E-state index is 12.5. The summed E-state index contributed by atoms with van der Waals surface area (Å²) in [6.07, 6.45) is -0.509. The Balaban J connectivity index is 1.66. The largest absolute Gasteiger partial charge is 0.480 e. The van der Waals surface area contributed by atoms with Crippen molar-refractivity contribution in [1.82, 2.24) is 4.90 Å². The molecule has 2 aliphatic rings. The number of ether oxygens (including phenoxy) is 2. The zero-order valence-corrected chi connectivity index (χ0v) is 11.4. The van der Waals surface area contributed by atoms with E-state index in [0.717, 1.165) is 11.3 Å². The molecule has 0 spiro atoms. The van der Waals surface area contributed by atoms with Crippen LogP contribution in [-0.2, 0) is 16.0 Å². The highest BCUT2D eigenvalue weighted by molar-refractivity contribution is 5.87. The van der Waals surface area contributed by atoms with Crippen LogP contribution < -0.4 is 10.5 Å². The number of para-hydroxylation sites is 1. The fraction of sp³-hybridized carbons (Fsp3) is 0.429. The van der Waals surface area contributed by atoms with E-state index < -0.39 is 12.2 Å². The SMILES string of the molecule is NC(=NO)C1CN(C(=O)C2Cc3ccccc3O2)CCO1. The summed E-state index contributed by atoms with van der Waals surface area (Å²) in [4.78, 5) is 14.2. The van der Waals surface area contributed by atoms with E-state index in [0.29, 0.717) is 19.6 Å². The summed E-state index contributed by atoms with van der Waals surface area (Å²) < 4.78 is 11.1. The topological polar surface area (TPSA) is 97.4 Å². The summed E-state index contributed by atoms with van der Waals surface area (Å²) >= 11 is 0. The van der Waals surface area contributed by atoms with Crippen LogP contribution in [-0.4, -0.2) is 53.8 Å². The van der Waals surface area contributed by atoms with Gasteiger partial charge in [-0.2, -0.15) is 0 Å². The van der Waals surface area contributed by atoms with Crippen LogP contribution in [0.4, 0.5) is 0 Å². The number of morpholine rings is 1. The third-order valence-electron chi connectivity index (χ3n) is 3.75. The first-order valence-corrected chi connectivity index (χ1v) is 6.81. The zero-order chi connectivity index (χ0) is 14.8. The lowest BCUT2D eigenvalue weighted by Gasteiger charge is -2.33. The molecule has 0 aliphatic carbocycles. The Labute approximate surface area is 121 Å². The van der Waals surface area contributed by atoms with Crippen LogP contribution in [0.1, 0.15) is 5.56 Å². The molecule has 1 amide bonds. The van der Waals surface area contributed by atoms with Gasteiger partial charge in [-0.25, -0.2) is 0 Å². The second-order valence-corrected chi connectivity index (χ2v) is 5.09. The Morgan fingerprint density at radius 3 is 2.95 bits per heavy atom. The molecule has 7 nitrogen and oxygen atoms in total. The van der Waals surface area contributed by atoms with Crippen LogP contribution in [0.15, 0.2) is 29.4 Å². The van der Waals surface area contributed by atoms with Crippen molar-refractivity contribution < 1.29 is 19.5 Å². The zero-order valence-electron chi connectivity index (χ0n) is 11.4. The number of benzene rings is 1. The van der Waals surface area contributed by atoms with Crippen LogP contribution in [0.25, 0.3) is 0 Å². The van der Waals surface area contributed by atoms with Crippen LogP contribution in [0.5, 0.6) is 5.75 Å². The highest BCUT2D eigenvalue weighted by Gasteiger charge is 2.35. The van der Waals surface area contributed by atoms with Crippen molar-refractivity contribution in [2.75, 3.05) is 19.7 Å². The number of carbonyl (C=O) groups excluding carboxylic acids is 1. The minimum atomic E-state index is -0.573. The lowest BCUT2D eigenvalue weighted by Crippen LogP contribution is -2.53. The standard InChI is InChI=1S/C14H17N3O4/c15-13(16-19)12-8-17(5-6-20-12)14(18)11-7-9-3-1-2-4-10(9)21-11/h1-4,11-12,19H,5-8H2,(H2,15,16). The molecular formula is C14H17N3O4. The Morgan fingerprint density at radius 1 is 1.38 bits per heavy atom. The van der Waals surface area contributed by atoms with E-state index >= 15 is 0 Å². The van der Waals surface area contributed by atoms with Crippen molar-refractivity contribution in [1.29, 1.82) is 0 Å². The van der Waals surface area contributed by atoms with Gasteiger partial charge in [0.25, 0.3) is 5.91 Å². The molecule has 0 bridgehead atoms. The van der Waals surface area contributed by atoms with Crippen molar-refractivity contribution in [2.45, 2.75) is 18.6 Å². The van der Waals surface area contributed by atoms with E-state index in [1.807, 2.05) is 24.3 Å². The Kier molecular flexibility index (Phi) is 3.66. The second-order valence-electron chi connectivity index (χ2n) is 5.09. The molecule has 0 aromatic heterocycles. The first-order chi connectivity index (χ1) is 10.2. The summed E-state index contributed by atoms with van der Waals surface area (Å²) in [6.45, 7) is 1.10. The lowest BCUT2D eigenvalue weighted by atomic mass is 10.1. The van der Waals surface area contributed by atoms with Crippen molar-refractivity contribution in [2.24, 2.45) is 10.9 Å². The number of hydrogen-bond donors (Lipinski definition) is 2. The number of hydrogen-bond acceptors (Lipinski definition) is 5. The molecule has 3 rings (SSSR count). The maximum atomic E-state index is 12.5. The van der Waals surface area contributed by atoms with Crippen molar-refractivity contribution >= 4 is 11.7 Å². The minimum absolute atomic E-state index is 0.0249. The van der Waals surface area contributed by atoms with Crippen molar-refractivity contribution in [3.8, 4) is 5.75 Å². The number of carbonyl (C=O) groups is 1. The lowest BCUT2D eigenvalue weighted by molar-refractivity contribution is -0.143. The monoisotopic (exact) mass is 291 g/mol. The molecule has 0 saturated carbocycles. The number of fused-ring (bicyclic) bond motifs is 1. The van der Waals surface area contributed by atoms with Gasteiger partial charge in [0.15, 0.2) is 11.9 Å². The molecule has 2 heterocycles. The molecule has 1 aromatic rings. The summed E-state index contributed by atoms with van der Waals surface area (Å²) in [7, 11) is 0. The molecule has 7 heteroatoms. The van der Waals surface area contributed by atoms with Gasteiger partial charge in [-0.15, -0.1) is 0 Å². The van der Waals surface area contributed by atoms with Gasteiger partial charge in [0.2, 0.25) is 0 Å². The molecule has 3 N–H and O–H groups in total. The molecule has 1 aromatic carbocycles. The molecule has 0 radical (unpaired) electrons. The van der Waals surface area contributed by atoms with E-state index in [9.17, 15) is 4.79 Å². The summed E-state index contributed by atoms with van der Waals surface area (Å²) in [6, 6.07) is 7.63. The number of nitrogens with zero attached hydrogens (tertiary/aromatic N) is 2. The molecule has 112 valence electrons. The quantitative estimate of drug-likeness (QED) is 0.345. The number of amidine groups is 1. The molecule has 2 aliphatic heterocycles. The predicted molar refractivity (Wildman–Crippen MR) is 74.3 cm³/mol. The highest BCUT2D eigenvalue weighted by Crippen LogP contribution is 2.29. The van der Waals surface area contributed by atoms with Crippen molar-refractivity contribution in [3.05, 3.63) is 29.8 Å². The molecule has 21 heavy (non-hydrogen) atoms. The fourth-order valence-electron chi connectivity index (χ4n) is 2.62. The van der Waals surface area contributed by atoms with E-state index in [1.165, 1.54) is 0 Å². The summed E-state index contributed by atoms with van der Waals surface area (Å²) in [5, 5.41) is 11.6. The van der Waals surface area contributed by atoms with Gasteiger partial charge in [-0.05, 0) is 11.6 Å². The van der Waals surface area contributed by atoms with Gasteiger partial charge in [0.1, 0.15) is 11.9 Å². The van der Waals surface area contributed by atoms with Crippen LogP contribution in [0, 0.1) is 0 Å². The average Bonchev–Trinajstić information content (AvgIpc) is 2.97. The van der Waals surface area contributed by atoms with Gasteiger partial charge in [0.05, 0.1) is 13.2 Å². The minimum Gasteiger partial charge on any atom is -0.480 e. The first-order valence-electron chi connectivity index (χ1n) is 6.81. The Morgan fingerprint density at radius 2 is 2.19 bits per heavy atom. The smallest absolute Gasteiger partial charge is 0.264 e. The summed E-state index contributed by atoms with van der Waals surface area (Å²) in [5.41, 5.74) is 6.58. The number of oxime groups is 1. The molecule has 2 unspecified atom stereocenters. The molecule has 2 atom stereocenters. The van der Waals surface area contributed by atoms with E-state index in [4.69, 9.17) is 20.4 Å². The molecule has 1 saturated heterocycles. The number of amides is 1. The Bertz CT molecular complexity index is 550. The first kappa shape index (κ1) is 13.7. The normalized spacial score (nSPS) is 25.3. The van der Waals surface area contributed by atoms with Gasteiger partial charge in [-0.1, -0.05) is 23.4 Å². The van der Waals surface area contributed by atoms with Crippen molar-refractivity contribution in [3.63, 3.8) is 0 Å². The van der Waals surface area contributed by atoms with Gasteiger partial charge in [-0.3, -0.25) is 4.79 Å². The van der Waals surface area contributed by atoms with Gasteiger partial charge >= 0.3 is 0 Å². The molecule has 1 fully saturated rings. The highest BCUT2D eigenvalue weighted by atomic mass is 16.5. The van der Waals surface area contributed by atoms with Gasteiger partial charge in [0, 0.05) is 13.0 Å². The fourth-order valence-corrected chi connectivity index (χ4v) is 2.62. The molecular weight excluding hydrogens is 274 g/mol. The number of nitrogens with two attached hydrogens (primary N) is 1. The average molecular weight is 291 g/mol. The van der Waals surface area contributed by atoms with Crippen LogP contribution in [0.3, 0.4) is 0 Å². The van der Waals surface area contributed by atoms with E-state index in [-0.39, 0.29) is 18.3 Å². The third-order valence-corrected chi connectivity index (χ3v) is 3.75. The number of rotatable bonds is 2. The Hall–Kier alpha value is -2.28. The van der Waals surface area contributed by atoms with E-state index in [1.54, 1.807) is 4.90 Å². The van der Waals surface area contributed by atoms with Crippen LogP contribution >= 0.6 is 0 Å². The van der Waals surface area contributed by atoms with Gasteiger partial charge < -0.3 is 25.3 Å². The second kappa shape index (κ2) is 5.61. The third kappa shape index (κ3) is 2.64. The summed E-state index contributed by atoms with van der Waals surface area (Å²) in [5.74, 6) is 0.644. The predicted octanol–water partition coefficient (Wildman–Crippen LogP) is -0.0361. The van der Waals surface area contributed by atoms with Crippen LogP contribution in [0.2, 0.25) is 0 Å². The van der Waals surface area contributed by atoms with E-state index in [2.05, 4.69) is 5.16 Å².